The van der Waals surface area contributed by atoms with Gasteiger partial charge in [-0.25, -0.2) is 4.79 Å². The highest BCUT2D eigenvalue weighted by molar-refractivity contribution is 6.30. The summed E-state index contributed by atoms with van der Waals surface area (Å²) in [5, 5.41) is 10.2. The van der Waals surface area contributed by atoms with Crippen molar-refractivity contribution in [3.8, 4) is 0 Å². The normalized spacial score (nSPS) is 19.8. The molecule has 130 valence electrons. The van der Waals surface area contributed by atoms with E-state index in [0.717, 1.165) is 43.6 Å². The molecule has 1 N–H and O–H groups in total. The number of pyridine rings is 1. The van der Waals surface area contributed by atoms with Crippen LogP contribution in [0.25, 0.3) is 0 Å². The number of hydrogen-bond donors (Lipinski definition) is 1. The molecule has 6 heteroatoms. The molecule has 1 atom stereocenters. The van der Waals surface area contributed by atoms with Gasteiger partial charge in [0.25, 0.3) is 0 Å². The van der Waals surface area contributed by atoms with Crippen LogP contribution in [0.1, 0.15) is 35.6 Å². The minimum atomic E-state index is -0.849. The van der Waals surface area contributed by atoms with Crippen LogP contribution in [0.5, 0.6) is 0 Å². The van der Waals surface area contributed by atoms with Gasteiger partial charge in [0.05, 0.1) is 6.04 Å². The molecule has 2 aliphatic heterocycles. The van der Waals surface area contributed by atoms with Crippen LogP contribution in [0.3, 0.4) is 0 Å². The lowest BCUT2D eigenvalue weighted by molar-refractivity contribution is 0.140. The van der Waals surface area contributed by atoms with E-state index >= 15 is 0 Å². The lowest BCUT2D eigenvalue weighted by Crippen LogP contribution is -2.34. The fourth-order valence-corrected chi connectivity index (χ4v) is 4.30. The lowest BCUT2D eigenvalue weighted by atomic mass is 9.90. The van der Waals surface area contributed by atoms with Gasteiger partial charge in [-0.2, -0.15) is 0 Å². The Bertz CT molecular complexity index is 797. The van der Waals surface area contributed by atoms with E-state index in [2.05, 4.69) is 9.88 Å². The maximum Gasteiger partial charge on any atom is 0.407 e. The number of carbonyl (C=O) groups is 1. The predicted octanol–water partition coefficient (Wildman–Crippen LogP) is 4.11. The van der Waals surface area contributed by atoms with Gasteiger partial charge in [-0.15, -0.1) is 0 Å². The molecule has 1 aromatic carbocycles. The van der Waals surface area contributed by atoms with E-state index in [1.165, 1.54) is 11.1 Å². The number of rotatable bonds is 2. The molecule has 25 heavy (non-hydrogen) atoms. The maximum atomic E-state index is 11.6. The highest BCUT2D eigenvalue weighted by Gasteiger charge is 2.33. The van der Waals surface area contributed by atoms with Crippen LogP contribution >= 0.6 is 11.6 Å². The van der Waals surface area contributed by atoms with Crippen LogP contribution in [-0.4, -0.2) is 34.2 Å². The topological polar surface area (TPSA) is 56.7 Å². The molecule has 2 aliphatic rings. The number of halogens is 1. The third kappa shape index (κ3) is 3.04. The quantitative estimate of drug-likeness (QED) is 0.878. The summed E-state index contributed by atoms with van der Waals surface area (Å²) in [5.74, 6) is 0. The van der Waals surface area contributed by atoms with Crippen molar-refractivity contribution in [2.45, 2.75) is 31.8 Å². The van der Waals surface area contributed by atoms with Crippen LogP contribution in [-0.2, 0) is 13.0 Å². The van der Waals surface area contributed by atoms with E-state index < -0.39 is 6.09 Å². The van der Waals surface area contributed by atoms with Crippen molar-refractivity contribution < 1.29 is 9.90 Å². The molecular formula is C19H20ClN3O2. The molecule has 0 unspecified atom stereocenters. The van der Waals surface area contributed by atoms with Crippen molar-refractivity contribution in [1.29, 1.82) is 0 Å². The molecule has 0 aliphatic carbocycles. The minimum absolute atomic E-state index is 0.0951. The molecule has 1 aromatic heterocycles. The van der Waals surface area contributed by atoms with Gasteiger partial charge in [0.15, 0.2) is 0 Å². The van der Waals surface area contributed by atoms with Gasteiger partial charge >= 0.3 is 6.09 Å². The smallest absolute Gasteiger partial charge is 0.407 e. The van der Waals surface area contributed by atoms with Crippen LogP contribution in [0.2, 0.25) is 5.02 Å². The highest BCUT2D eigenvalue weighted by atomic mass is 35.5. The summed E-state index contributed by atoms with van der Waals surface area (Å²) in [7, 11) is 0. The Morgan fingerprint density at radius 3 is 2.80 bits per heavy atom. The van der Waals surface area contributed by atoms with Crippen molar-refractivity contribution in [2.24, 2.45) is 0 Å². The molecule has 1 fully saturated rings. The number of aromatic nitrogens is 1. The molecule has 4 rings (SSSR count). The highest BCUT2D eigenvalue weighted by Crippen LogP contribution is 2.39. The number of nitrogens with zero attached hydrogens (tertiary/aromatic N) is 3. The predicted molar refractivity (Wildman–Crippen MR) is 97.1 cm³/mol. The van der Waals surface area contributed by atoms with E-state index in [1.807, 2.05) is 24.3 Å². The second kappa shape index (κ2) is 6.56. The molecule has 3 heterocycles. The Morgan fingerprint density at radius 2 is 2.04 bits per heavy atom. The number of likely N-dealkylation sites (tertiary alicyclic amines) is 1. The van der Waals surface area contributed by atoms with Crippen molar-refractivity contribution in [3.05, 3.63) is 58.4 Å². The molecule has 0 bridgehead atoms. The molecule has 0 radical (unpaired) electrons. The summed E-state index contributed by atoms with van der Waals surface area (Å²) in [6.07, 6.45) is 5.41. The number of benzene rings is 1. The molecule has 1 amide bonds. The van der Waals surface area contributed by atoms with E-state index in [0.29, 0.717) is 11.6 Å². The zero-order valence-electron chi connectivity index (χ0n) is 13.9. The Hall–Kier alpha value is -2.27. The largest absolute Gasteiger partial charge is 0.465 e. The van der Waals surface area contributed by atoms with E-state index in [9.17, 15) is 9.90 Å². The number of hydrogen-bond acceptors (Lipinski definition) is 3. The Kier molecular flexibility index (Phi) is 4.25. The van der Waals surface area contributed by atoms with Crippen LogP contribution in [0, 0.1) is 0 Å². The minimum Gasteiger partial charge on any atom is -0.465 e. The van der Waals surface area contributed by atoms with Gasteiger partial charge in [-0.05, 0) is 60.2 Å². The number of anilines is 1. The lowest BCUT2D eigenvalue weighted by Gasteiger charge is -2.34. The molecule has 0 saturated carbocycles. The van der Waals surface area contributed by atoms with Gasteiger partial charge in [0.2, 0.25) is 0 Å². The average Bonchev–Trinajstić information content (AvgIpc) is 3.11. The first-order valence-electron chi connectivity index (χ1n) is 8.59. The van der Waals surface area contributed by atoms with Gasteiger partial charge < -0.3 is 14.9 Å². The van der Waals surface area contributed by atoms with Gasteiger partial charge in [0.1, 0.15) is 0 Å². The van der Waals surface area contributed by atoms with Crippen LogP contribution in [0.4, 0.5) is 10.5 Å². The first-order valence-corrected chi connectivity index (χ1v) is 8.97. The Balaban J connectivity index is 1.72. The number of carboxylic acid groups (broad SMARTS) is 1. The fourth-order valence-electron chi connectivity index (χ4n) is 4.05. The Morgan fingerprint density at radius 1 is 1.24 bits per heavy atom. The van der Waals surface area contributed by atoms with Crippen molar-refractivity contribution in [3.63, 3.8) is 0 Å². The monoisotopic (exact) mass is 357 g/mol. The van der Waals surface area contributed by atoms with Crippen molar-refractivity contribution >= 4 is 23.4 Å². The second-order valence-electron chi connectivity index (χ2n) is 6.64. The molecule has 1 saturated heterocycles. The van der Waals surface area contributed by atoms with Crippen molar-refractivity contribution in [1.82, 2.24) is 9.88 Å². The first kappa shape index (κ1) is 16.2. The molecule has 0 spiro atoms. The first-order chi connectivity index (χ1) is 12.1. The molecular weight excluding hydrogens is 338 g/mol. The summed E-state index contributed by atoms with van der Waals surface area (Å²) < 4.78 is 0. The van der Waals surface area contributed by atoms with Crippen LogP contribution in [0.15, 0.2) is 36.7 Å². The summed E-state index contributed by atoms with van der Waals surface area (Å²) in [6.45, 7) is 2.29. The number of amides is 1. The standard InChI is InChI=1S/C19H20ClN3O2/c20-14-10-13-5-9-22(15-3-6-21-7-4-15)12-17(13)16(11-14)18-2-1-8-23(18)19(24)25/h3-4,6-7,10-11,18H,1-2,5,8-9,12H2,(H,24,25)/t18-/m0/s1. The summed E-state index contributed by atoms with van der Waals surface area (Å²) in [5.41, 5.74) is 4.68. The SMILES string of the molecule is O=C(O)N1CCC[C@H]1c1cc(Cl)cc2c1CN(c1ccncc1)CC2. The van der Waals surface area contributed by atoms with Crippen LogP contribution < -0.4 is 4.90 Å². The van der Waals surface area contributed by atoms with Gasteiger partial charge in [-0.1, -0.05) is 11.6 Å². The average molecular weight is 358 g/mol. The summed E-state index contributed by atoms with van der Waals surface area (Å²) >= 11 is 6.35. The summed E-state index contributed by atoms with van der Waals surface area (Å²) in [4.78, 5) is 19.6. The van der Waals surface area contributed by atoms with E-state index in [4.69, 9.17) is 11.6 Å². The zero-order chi connectivity index (χ0) is 17.4. The van der Waals surface area contributed by atoms with E-state index in [1.54, 1.807) is 17.3 Å². The number of fused-ring (bicyclic) bond motifs is 1. The summed E-state index contributed by atoms with van der Waals surface area (Å²) in [6, 6.07) is 7.92. The third-order valence-electron chi connectivity index (χ3n) is 5.23. The zero-order valence-corrected chi connectivity index (χ0v) is 14.6. The Labute approximate surface area is 151 Å². The molecule has 5 nitrogen and oxygen atoms in total. The van der Waals surface area contributed by atoms with E-state index in [-0.39, 0.29) is 6.04 Å². The molecule has 2 aromatic rings. The van der Waals surface area contributed by atoms with Gasteiger partial charge in [-0.3, -0.25) is 4.98 Å². The maximum absolute atomic E-state index is 11.6. The fraction of sp³-hybridized carbons (Fsp3) is 0.368. The second-order valence-corrected chi connectivity index (χ2v) is 7.08. The third-order valence-corrected chi connectivity index (χ3v) is 5.45. The van der Waals surface area contributed by atoms with Gasteiger partial charge in [0, 0.05) is 42.7 Å². The van der Waals surface area contributed by atoms with Crippen molar-refractivity contribution in [2.75, 3.05) is 18.0 Å².